The molecule has 0 radical (unpaired) electrons. The van der Waals surface area contributed by atoms with Crippen molar-refractivity contribution in [2.24, 2.45) is 5.73 Å². The summed E-state index contributed by atoms with van der Waals surface area (Å²) in [6, 6.07) is 11.6. The minimum absolute atomic E-state index is 0.00589. The van der Waals surface area contributed by atoms with Crippen LogP contribution < -0.4 is 11.1 Å². The van der Waals surface area contributed by atoms with Gasteiger partial charge in [0.1, 0.15) is 5.76 Å². The van der Waals surface area contributed by atoms with Crippen molar-refractivity contribution in [2.45, 2.75) is 36.6 Å². The van der Waals surface area contributed by atoms with E-state index in [9.17, 15) is 4.79 Å². The second-order valence-electron chi connectivity index (χ2n) is 4.92. The van der Waals surface area contributed by atoms with Gasteiger partial charge in [-0.05, 0) is 43.7 Å². The molecule has 0 aliphatic heterocycles. The highest BCUT2D eigenvalue weighted by molar-refractivity contribution is 8.00. The Morgan fingerprint density at radius 2 is 2.14 bits per heavy atom. The summed E-state index contributed by atoms with van der Waals surface area (Å²) in [4.78, 5) is 13.1. The fraction of sp³-hybridized carbons (Fsp3) is 0.312. The van der Waals surface area contributed by atoms with Crippen molar-refractivity contribution in [3.63, 3.8) is 0 Å². The molecule has 0 spiro atoms. The first-order valence-corrected chi connectivity index (χ1v) is 7.76. The Morgan fingerprint density at radius 1 is 1.33 bits per heavy atom. The Labute approximate surface area is 129 Å². The van der Waals surface area contributed by atoms with E-state index >= 15 is 0 Å². The largest absolute Gasteiger partial charge is 0.467 e. The number of carbonyl (C=O) groups excluding carboxylic acids is 1. The molecule has 2 rings (SSSR count). The number of benzene rings is 1. The zero-order chi connectivity index (χ0) is 15.2. The number of hydrogen-bond donors (Lipinski definition) is 2. The summed E-state index contributed by atoms with van der Waals surface area (Å²) in [5, 5.41) is 2.69. The van der Waals surface area contributed by atoms with Crippen LogP contribution in [0.5, 0.6) is 0 Å². The van der Waals surface area contributed by atoms with Crippen LogP contribution in [0.2, 0.25) is 0 Å². The summed E-state index contributed by atoms with van der Waals surface area (Å²) in [6.07, 6.45) is 1.60. The summed E-state index contributed by atoms with van der Waals surface area (Å²) in [5.41, 5.74) is 6.95. The van der Waals surface area contributed by atoms with Crippen LogP contribution in [0.3, 0.4) is 0 Å². The van der Waals surface area contributed by atoms with Gasteiger partial charge in [0, 0.05) is 10.9 Å². The number of nitrogens with one attached hydrogen (secondary N) is 1. The third kappa shape index (κ3) is 4.65. The third-order valence-corrected chi connectivity index (χ3v) is 4.18. The molecule has 112 valence electrons. The Kier molecular flexibility index (Phi) is 5.47. The van der Waals surface area contributed by atoms with E-state index < -0.39 is 0 Å². The molecule has 0 aliphatic rings. The van der Waals surface area contributed by atoms with Gasteiger partial charge in [-0.25, -0.2) is 0 Å². The number of nitrogens with two attached hydrogens (primary N) is 1. The molecule has 5 heteroatoms. The van der Waals surface area contributed by atoms with E-state index in [1.165, 1.54) is 11.8 Å². The number of carbonyl (C=O) groups is 1. The molecule has 3 N–H and O–H groups in total. The first-order chi connectivity index (χ1) is 10.1. The molecule has 1 aromatic carbocycles. The molecule has 2 aromatic rings. The number of rotatable bonds is 6. The highest BCUT2D eigenvalue weighted by atomic mass is 32.2. The number of thioether (sulfide) groups is 1. The first-order valence-electron chi connectivity index (χ1n) is 6.88. The molecular formula is C16H20N2O2S. The summed E-state index contributed by atoms with van der Waals surface area (Å²) < 4.78 is 5.19. The van der Waals surface area contributed by atoms with E-state index in [1.807, 2.05) is 44.2 Å². The lowest BCUT2D eigenvalue weighted by Crippen LogP contribution is -2.30. The molecule has 0 saturated carbocycles. The van der Waals surface area contributed by atoms with E-state index in [0.29, 0.717) is 6.54 Å². The van der Waals surface area contributed by atoms with Gasteiger partial charge in [0.15, 0.2) is 0 Å². The van der Waals surface area contributed by atoms with E-state index in [0.717, 1.165) is 16.2 Å². The zero-order valence-electron chi connectivity index (χ0n) is 12.2. The fourth-order valence-corrected chi connectivity index (χ4v) is 2.82. The minimum atomic E-state index is -0.178. The van der Waals surface area contributed by atoms with E-state index in [1.54, 1.807) is 12.3 Å². The van der Waals surface area contributed by atoms with E-state index in [4.69, 9.17) is 10.2 Å². The maximum Gasteiger partial charge on any atom is 0.233 e. The standard InChI is InChI=1S/C16H20N2O2S/c1-11(17)13-5-3-7-15(9-13)21-12(2)16(19)18-10-14-6-4-8-20-14/h3-9,11-12H,10,17H2,1-2H3,(H,18,19). The average Bonchev–Trinajstić information content (AvgIpc) is 2.98. The van der Waals surface area contributed by atoms with Crippen molar-refractivity contribution in [2.75, 3.05) is 0 Å². The normalized spacial score (nSPS) is 13.7. The quantitative estimate of drug-likeness (QED) is 0.805. The van der Waals surface area contributed by atoms with Crippen molar-refractivity contribution >= 4 is 17.7 Å². The zero-order valence-corrected chi connectivity index (χ0v) is 13.0. The number of amides is 1. The van der Waals surface area contributed by atoms with Crippen molar-refractivity contribution in [3.05, 3.63) is 54.0 Å². The maximum atomic E-state index is 12.1. The van der Waals surface area contributed by atoms with E-state index in [-0.39, 0.29) is 17.2 Å². The SMILES string of the molecule is CC(Sc1cccc(C(C)N)c1)C(=O)NCc1ccco1. The van der Waals surface area contributed by atoms with Gasteiger partial charge in [-0.15, -0.1) is 11.8 Å². The molecule has 0 saturated heterocycles. The molecule has 1 amide bonds. The summed E-state index contributed by atoms with van der Waals surface area (Å²) in [7, 11) is 0. The molecule has 21 heavy (non-hydrogen) atoms. The van der Waals surface area contributed by atoms with Gasteiger partial charge in [-0.2, -0.15) is 0 Å². The van der Waals surface area contributed by atoms with Crippen LogP contribution in [0.15, 0.2) is 52.0 Å². The van der Waals surface area contributed by atoms with Crippen molar-refractivity contribution in [1.29, 1.82) is 0 Å². The lowest BCUT2D eigenvalue weighted by molar-refractivity contribution is -0.120. The third-order valence-electron chi connectivity index (χ3n) is 3.08. The summed E-state index contributed by atoms with van der Waals surface area (Å²) in [6.45, 7) is 4.25. The molecule has 0 aliphatic carbocycles. The smallest absolute Gasteiger partial charge is 0.233 e. The fourth-order valence-electron chi connectivity index (χ4n) is 1.86. The summed E-state index contributed by atoms with van der Waals surface area (Å²) >= 11 is 1.52. The molecule has 0 fully saturated rings. The Hall–Kier alpha value is -1.72. The molecular weight excluding hydrogens is 284 g/mol. The van der Waals surface area contributed by atoms with Gasteiger partial charge >= 0.3 is 0 Å². The maximum absolute atomic E-state index is 12.1. The van der Waals surface area contributed by atoms with Crippen LogP contribution in [0.25, 0.3) is 0 Å². The molecule has 1 heterocycles. The molecule has 0 bridgehead atoms. The molecule has 1 aromatic heterocycles. The van der Waals surface area contributed by atoms with Crippen molar-refractivity contribution < 1.29 is 9.21 Å². The predicted octanol–water partition coefficient (Wildman–Crippen LogP) is 3.10. The van der Waals surface area contributed by atoms with Crippen LogP contribution in [0.4, 0.5) is 0 Å². The van der Waals surface area contributed by atoms with Gasteiger partial charge < -0.3 is 15.5 Å². The van der Waals surface area contributed by atoms with Crippen LogP contribution >= 0.6 is 11.8 Å². The van der Waals surface area contributed by atoms with Crippen molar-refractivity contribution in [3.8, 4) is 0 Å². The Morgan fingerprint density at radius 3 is 2.81 bits per heavy atom. The predicted molar refractivity (Wildman–Crippen MR) is 84.9 cm³/mol. The number of furan rings is 1. The molecule has 4 nitrogen and oxygen atoms in total. The Bertz CT molecular complexity index is 582. The van der Waals surface area contributed by atoms with Gasteiger partial charge in [0.05, 0.1) is 18.1 Å². The highest BCUT2D eigenvalue weighted by Crippen LogP contribution is 2.25. The van der Waals surface area contributed by atoms with Gasteiger partial charge in [0.2, 0.25) is 5.91 Å². The summed E-state index contributed by atoms with van der Waals surface area (Å²) in [5.74, 6) is 0.738. The molecule has 2 atom stereocenters. The van der Waals surface area contributed by atoms with Crippen LogP contribution in [-0.4, -0.2) is 11.2 Å². The minimum Gasteiger partial charge on any atom is -0.467 e. The van der Waals surface area contributed by atoms with Gasteiger partial charge in [0.25, 0.3) is 0 Å². The molecule has 2 unspecified atom stereocenters. The monoisotopic (exact) mass is 304 g/mol. The first kappa shape index (κ1) is 15.7. The average molecular weight is 304 g/mol. The van der Waals surface area contributed by atoms with Gasteiger partial charge in [-0.1, -0.05) is 12.1 Å². The van der Waals surface area contributed by atoms with Crippen LogP contribution in [0, 0.1) is 0 Å². The van der Waals surface area contributed by atoms with Crippen LogP contribution in [0.1, 0.15) is 31.2 Å². The van der Waals surface area contributed by atoms with Crippen molar-refractivity contribution in [1.82, 2.24) is 5.32 Å². The topological polar surface area (TPSA) is 68.3 Å². The lowest BCUT2D eigenvalue weighted by Gasteiger charge is -2.13. The second kappa shape index (κ2) is 7.33. The number of hydrogen-bond acceptors (Lipinski definition) is 4. The lowest BCUT2D eigenvalue weighted by atomic mass is 10.1. The van der Waals surface area contributed by atoms with Gasteiger partial charge in [-0.3, -0.25) is 4.79 Å². The Balaban J connectivity index is 1.89. The van der Waals surface area contributed by atoms with Crippen LogP contribution in [-0.2, 0) is 11.3 Å². The highest BCUT2D eigenvalue weighted by Gasteiger charge is 2.15. The second-order valence-corrected chi connectivity index (χ2v) is 6.33. The van der Waals surface area contributed by atoms with E-state index in [2.05, 4.69) is 5.32 Å².